The fourth-order valence-corrected chi connectivity index (χ4v) is 2.27. The van der Waals surface area contributed by atoms with Gasteiger partial charge in [0.2, 0.25) is 0 Å². The van der Waals surface area contributed by atoms with E-state index in [4.69, 9.17) is 0 Å². The first kappa shape index (κ1) is 12.7. The van der Waals surface area contributed by atoms with Crippen LogP contribution in [0.2, 0.25) is 0 Å². The molecule has 1 amide bonds. The van der Waals surface area contributed by atoms with E-state index in [1.165, 1.54) is 18.2 Å². The van der Waals surface area contributed by atoms with Gasteiger partial charge in [-0.05, 0) is 25.5 Å². The second-order valence-corrected chi connectivity index (χ2v) is 4.71. The lowest BCUT2D eigenvalue weighted by Gasteiger charge is -2.18. The molecule has 0 radical (unpaired) electrons. The molecule has 2 unspecified atom stereocenters. The van der Waals surface area contributed by atoms with E-state index >= 15 is 0 Å². The van der Waals surface area contributed by atoms with E-state index in [9.17, 15) is 20.1 Å². The molecule has 5 nitrogen and oxygen atoms in total. The molecule has 0 saturated carbocycles. The quantitative estimate of drug-likeness (QED) is 0.730. The van der Waals surface area contributed by atoms with E-state index in [2.05, 4.69) is 0 Å². The first-order chi connectivity index (χ1) is 8.50. The summed E-state index contributed by atoms with van der Waals surface area (Å²) < 4.78 is 0. The predicted octanol–water partition coefficient (Wildman–Crippen LogP) is 0.941. The summed E-state index contributed by atoms with van der Waals surface area (Å²) in [5, 5.41) is 28.8. The van der Waals surface area contributed by atoms with Crippen molar-refractivity contribution in [3.8, 4) is 11.5 Å². The molecular weight excluding hydrogens is 234 g/mol. The first-order valence-corrected chi connectivity index (χ1v) is 5.99. The standard InChI is InChI=1S/C13H17NO4/c1-8(15)9-5-6-14(7-9)13(18)12-10(16)3-2-4-11(12)17/h2-4,8-9,15-17H,5-7H2,1H3. The number of carbonyl (C=O) groups is 1. The minimum absolute atomic E-state index is 0.0574. The van der Waals surface area contributed by atoms with Crippen LogP contribution < -0.4 is 0 Å². The summed E-state index contributed by atoms with van der Waals surface area (Å²) in [6, 6.07) is 4.22. The van der Waals surface area contributed by atoms with Crippen molar-refractivity contribution in [3.05, 3.63) is 23.8 Å². The summed E-state index contributed by atoms with van der Waals surface area (Å²) in [6.07, 6.45) is 0.276. The molecular formula is C13H17NO4. The molecule has 2 atom stereocenters. The molecule has 1 fully saturated rings. The lowest BCUT2D eigenvalue weighted by Crippen LogP contribution is -2.30. The summed E-state index contributed by atoms with van der Waals surface area (Å²) in [4.78, 5) is 13.7. The van der Waals surface area contributed by atoms with Crippen molar-refractivity contribution in [1.82, 2.24) is 4.90 Å². The molecule has 1 aromatic carbocycles. The van der Waals surface area contributed by atoms with Crippen LogP contribution in [-0.4, -0.2) is 45.3 Å². The zero-order valence-corrected chi connectivity index (χ0v) is 10.2. The van der Waals surface area contributed by atoms with Gasteiger partial charge in [-0.25, -0.2) is 0 Å². The van der Waals surface area contributed by atoms with Gasteiger partial charge >= 0.3 is 0 Å². The van der Waals surface area contributed by atoms with Crippen LogP contribution in [0.25, 0.3) is 0 Å². The molecule has 5 heteroatoms. The molecule has 0 aliphatic carbocycles. The van der Waals surface area contributed by atoms with Crippen LogP contribution >= 0.6 is 0 Å². The summed E-state index contributed by atoms with van der Waals surface area (Å²) in [5.41, 5.74) is -0.0660. The first-order valence-electron chi connectivity index (χ1n) is 5.99. The van der Waals surface area contributed by atoms with Crippen LogP contribution in [0.1, 0.15) is 23.7 Å². The monoisotopic (exact) mass is 251 g/mol. The summed E-state index contributed by atoms with van der Waals surface area (Å²) in [7, 11) is 0. The maximum Gasteiger partial charge on any atom is 0.261 e. The Balaban J connectivity index is 2.18. The Morgan fingerprint density at radius 3 is 2.50 bits per heavy atom. The van der Waals surface area contributed by atoms with Gasteiger partial charge in [0.05, 0.1) is 6.10 Å². The molecule has 1 aliphatic rings. The Morgan fingerprint density at radius 2 is 2.00 bits per heavy atom. The highest BCUT2D eigenvalue weighted by atomic mass is 16.3. The molecule has 2 rings (SSSR count). The topological polar surface area (TPSA) is 81.0 Å². The number of likely N-dealkylation sites (tertiary alicyclic amines) is 1. The average molecular weight is 251 g/mol. The number of aliphatic hydroxyl groups is 1. The van der Waals surface area contributed by atoms with E-state index in [-0.39, 0.29) is 23.0 Å². The van der Waals surface area contributed by atoms with Gasteiger partial charge in [0.1, 0.15) is 17.1 Å². The minimum Gasteiger partial charge on any atom is -0.507 e. The summed E-state index contributed by atoms with van der Waals surface area (Å²) >= 11 is 0. The molecule has 0 spiro atoms. The van der Waals surface area contributed by atoms with Crippen LogP contribution in [0.4, 0.5) is 0 Å². The highest BCUT2D eigenvalue weighted by molar-refractivity contribution is 5.99. The van der Waals surface area contributed by atoms with Gasteiger partial charge in [0.25, 0.3) is 5.91 Å². The number of hydrogen-bond donors (Lipinski definition) is 3. The van der Waals surface area contributed by atoms with Gasteiger partial charge in [-0.3, -0.25) is 4.79 Å². The van der Waals surface area contributed by atoms with Crippen LogP contribution in [0, 0.1) is 5.92 Å². The lowest BCUT2D eigenvalue weighted by molar-refractivity contribution is 0.0756. The smallest absolute Gasteiger partial charge is 0.261 e. The van der Waals surface area contributed by atoms with Gasteiger partial charge in [0.15, 0.2) is 0 Å². The normalized spacial score (nSPS) is 21.0. The number of rotatable bonds is 2. The number of aliphatic hydroxyl groups excluding tert-OH is 1. The van der Waals surface area contributed by atoms with Crippen molar-refractivity contribution in [1.29, 1.82) is 0 Å². The van der Waals surface area contributed by atoms with Crippen LogP contribution in [0.3, 0.4) is 0 Å². The number of benzene rings is 1. The van der Waals surface area contributed by atoms with E-state index in [1.54, 1.807) is 11.8 Å². The summed E-state index contributed by atoms with van der Waals surface area (Å²) in [6.45, 7) is 2.68. The average Bonchev–Trinajstić information content (AvgIpc) is 2.77. The highest BCUT2D eigenvalue weighted by Crippen LogP contribution is 2.30. The van der Waals surface area contributed by atoms with E-state index in [0.29, 0.717) is 13.1 Å². The second kappa shape index (κ2) is 4.86. The molecule has 1 saturated heterocycles. The van der Waals surface area contributed by atoms with Crippen LogP contribution in [0.15, 0.2) is 18.2 Å². The fourth-order valence-electron chi connectivity index (χ4n) is 2.27. The third kappa shape index (κ3) is 2.26. The zero-order valence-electron chi connectivity index (χ0n) is 10.2. The van der Waals surface area contributed by atoms with E-state index in [1.807, 2.05) is 0 Å². The van der Waals surface area contributed by atoms with Gasteiger partial charge in [-0.1, -0.05) is 6.07 Å². The number of phenolic OH excluding ortho intramolecular Hbond substituents is 2. The Morgan fingerprint density at radius 1 is 1.39 bits per heavy atom. The predicted molar refractivity (Wildman–Crippen MR) is 65.5 cm³/mol. The molecule has 98 valence electrons. The maximum absolute atomic E-state index is 12.2. The SMILES string of the molecule is CC(O)C1CCN(C(=O)c2c(O)cccc2O)C1. The van der Waals surface area contributed by atoms with Crippen molar-refractivity contribution in [2.45, 2.75) is 19.4 Å². The van der Waals surface area contributed by atoms with Gasteiger partial charge in [-0.15, -0.1) is 0 Å². The van der Waals surface area contributed by atoms with Gasteiger partial charge in [-0.2, -0.15) is 0 Å². The number of carbonyl (C=O) groups excluding carboxylic acids is 1. The number of phenols is 2. The second-order valence-electron chi connectivity index (χ2n) is 4.71. The minimum atomic E-state index is -0.458. The molecule has 1 aliphatic heterocycles. The highest BCUT2D eigenvalue weighted by Gasteiger charge is 2.31. The Hall–Kier alpha value is -1.75. The van der Waals surface area contributed by atoms with Crippen molar-refractivity contribution in [2.75, 3.05) is 13.1 Å². The number of nitrogens with zero attached hydrogens (tertiary/aromatic N) is 1. The molecule has 1 heterocycles. The largest absolute Gasteiger partial charge is 0.507 e. The Labute approximate surface area is 105 Å². The van der Waals surface area contributed by atoms with Gasteiger partial charge < -0.3 is 20.2 Å². The van der Waals surface area contributed by atoms with Crippen molar-refractivity contribution in [2.24, 2.45) is 5.92 Å². The fraction of sp³-hybridized carbons (Fsp3) is 0.462. The molecule has 0 aromatic heterocycles. The van der Waals surface area contributed by atoms with E-state index < -0.39 is 12.0 Å². The summed E-state index contributed by atoms with van der Waals surface area (Å²) in [5.74, 6) is -0.781. The number of amides is 1. The number of aromatic hydroxyl groups is 2. The molecule has 18 heavy (non-hydrogen) atoms. The van der Waals surface area contributed by atoms with Crippen molar-refractivity contribution < 1.29 is 20.1 Å². The maximum atomic E-state index is 12.2. The third-order valence-corrected chi connectivity index (χ3v) is 3.43. The number of hydrogen-bond acceptors (Lipinski definition) is 4. The van der Waals surface area contributed by atoms with Crippen molar-refractivity contribution >= 4 is 5.91 Å². The third-order valence-electron chi connectivity index (χ3n) is 3.43. The van der Waals surface area contributed by atoms with E-state index in [0.717, 1.165) is 6.42 Å². The molecule has 1 aromatic rings. The van der Waals surface area contributed by atoms with Crippen LogP contribution in [-0.2, 0) is 0 Å². The van der Waals surface area contributed by atoms with Gasteiger partial charge in [0, 0.05) is 19.0 Å². The molecule has 3 N–H and O–H groups in total. The van der Waals surface area contributed by atoms with Crippen LogP contribution in [0.5, 0.6) is 11.5 Å². The zero-order chi connectivity index (χ0) is 13.3. The Bertz CT molecular complexity index is 438. The molecule has 0 bridgehead atoms. The van der Waals surface area contributed by atoms with Crippen molar-refractivity contribution in [3.63, 3.8) is 0 Å². The Kier molecular flexibility index (Phi) is 3.43. The lowest BCUT2D eigenvalue weighted by atomic mass is 10.0.